The fraction of sp³-hybridized carbons (Fsp3) is 0.529. The van der Waals surface area contributed by atoms with Crippen LogP contribution in [0.15, 0.2) is 24.3 Å². The van der Waals surface area contributed by atoms with Crippen molar-refractivity contribution in [3.05, 3.63) is 29.8 Å². The highest BCUT2D eigenvalue weighted by atomic mass is 16.4. The minimum atomic E-state index is -0.817. The van der Waals surface area contributed by atoms with E-state index in [1.807, 2.05) is 34.9 Å². The number of likely N-dealkylation sites (tertiary alicyclic amines) is 1. The summed E-state index contributed by atoms with van der Waals surface area (Å²) in [5.74, 6) is -0.812. The normalized spacial score (nSPS) is 25.0. The molecule has 0 bridgehead atoms. The van der Waals surface area contributed by atoms with Gasteiger partial charge in [-0.1, -0.05) is 24.6 Å². The van der Waals surface area contributed by atoms with Crippen LogP contribution in [0.2, 0.25) is 0 Å². The topological polar surface area (TPSA) is 60.9 Å². The number of benzene rings is 1. The summed E-state index contributed by atoms with van der Waals surface area (Å²) in [5.41, 5.74) is 2.17. The lowest BCUT2D eigenvalue weighted by atomic mass is 10.0. The largest absolute Gasteiger partial charge is 0.480 e. The van der Waals surface area contributed by atoms with Crippen LogP contribution in [0.1, 0.15) is 31.7 Å². The average molecular weight is 302 g/mol. The first-order valence-electron chi connectivity index (χ1n) is 7.94. The van der Waals surface area contributed by atoms with E-state index in [9.17, 15) is 14.7 Å². The zero-order chi connectivity index (χ0) is 15.7. The van der Waals surface area contributed by atoms with Gasteiger partial charge in [-0.2, -0.15) is 0 Å². The SMILES string of the molecule is CC1Cc2ccccc2N1C(=O)CN1CCCCC1C(=O)O. The third-order valence-electron chi connectivity index (χ3n) is 4.71. The van der Waals surface area contributed by atoms with Crippen LogP contribution in [0.4, 0.5) is 5.69 Å². The van der Waals surface area contributed by atoms with Crippen molar-refractivity contribution in [3.8, 4) is 0 Å². The van der Waals surface area contributed by atoms with Crippen LogP contribution in [0.3, 0.4) is 0 Å². The Kier molecular flexibility index (Phi) is 4.16. The van der Waals surface area contributed by atoms with Gasteiger partial charge in [0.2, 0.25) is 5.91 Å². The highest BCUT2D eigenvalue weighted by Gasteiger charge is 2.35. The van der Waals surface area contributed by atoms with E-state index in [1.165, 1.54) is 5.56 Å². The highest BCUT2D eigenvalue weighted by molar-refractivity contribution is 5.97. The number of hydrogen-bond acceptors (Lipinski definition) is 3. The average Bonchev–Trinajstić information content (AvgIpc) is 2.83. The Morgan fingerprint density at radius 1 is 1.27 bits per heavy atom. The zero-order valence-corrected chi connectivity index (χ0v) is 12.9. The molecule has 1 fully saturated rings. The molecule has 118 valence electrons. The van der Waals surface area contributed by atoms with Gasteiger partial charge in [0.25, 0.3) is 0 Å². The summed E-state index contributed by atoms with van der Waals surface area (Å²) in [6.07, 6.45) is 3.38. The molecule has 2 aliphatic heterocycles. The van der Waals surface area contributed by atoms with E-state index in [4.69, 9.17) is 0 Å². The number of carbonyl (C=O) groups excluding carboxylic acids is 1. The van der Waals surface area contributed by atoms with E-state index in [-0.39, 0.29) is 18.5 Å². The molecule has 2 atom stereocenters. The second-order valence-electron chi connectivity index (χ2n) is 6.27. The fourth-order valence-electron chi connectivity index (χ4n) is 3.66. The Morgan fingerprint density at radius 2 is 2.05 bits per heavy atom. The van der Waals surface area contributed by atoms with Crippen molar-refractivity contribution in [3.63, 3.8) is 0 Å². The van der Waals surface area contributed by atoms with Crippen molar-refractivity contribution >= 4 is 17.6 Å². The number of para-hydroxylation sites is 1. The van der Waals surface area contributed by atoms with Gasteiger partial charge in [0, 0.05) is 11.7 Å². The summed E-state index contributed by atoms with van der Waals surface area (Å²) in [4.78, 5) is 27.8. The van der Waals surface area contributed by atoms with Gasteiger partial charge in [-0.05, 0) is 44.4 Å². The number of piperidine rings is 1. The van der Waals surface area contributed by atoms with Crippen molar-refractivity contribution < 1.29 is 14.7 Å². The summed E-state index contributed by atoms with van der Waals surface area (Å²) < 4.78 is 0. The Balaban J connectivity index is 1.75. The third kappa shape index (κ3) is 2.73. The van der Waals surface area contributed by atoms with Crippen molar-refractivity contribution in [2.75, 3.05) is 18.0 Å². The molecular formula is C17H22N2O3. The molecule has 1 amide bonds. The Morgan fingerprint density at radius 3 is 2.82 bits per heavy atom. The number of rotatable bonds is 3. The van der Waals surface area contributed by atoms with E-state index in [1.54, 1.807) is 0 Å². The Bertz CT molecular complexity index is 587. The van der Waals surface area contributed by atoms with Crippen LogP contribution in [0.5, 0.6) is 0 Å². The van der Waals surface area contributed by atoms with Gasteiger partial charge in [-0.15, -0.1) is 0 Å². The van der Waals surface area contributed by atoms with E-state index >= 15 is 0 Å². The summed E-state index contributed by atoms with van der Waals surface area (Å²) in [5, 5.41) is 9.33. The molecule has 1 aromatic carbocycles. The monoisotopic (exact) mass is 302 g/mol. The number of aliphatic carboxylic acids is 1. The van der Waals surface area contributed by atoms with Crippen LogP contribution in [0.25, 0.3) is 0 Å². The molecule has 0 aliphatic carbocycles. The van der Waals surface area contributed by atoms with Crippen molar-refractivity contribution in [2.45, 2.75) is 44.7 Å². The van der Waals surface area contributed by atoms with Gasteiger partial charge < -0.3 is 10.0 Å². The van der Waals surface area contributed by atoms with Gasteiger partial charge in [0.1, 0.15) is 6.04 Å². The van der Waals surface area contributed by atoms with Crippen LogP contribution < -0.4 is 4.90 Å². The molecule has 1 aromatic rings. The van der Waals surface area contributed by atoms with Crippen LogP contribution in [-0.4, -0.2) is 47.1 Å². The summed E-state index contributed by atoms with van der Waals surface area (Å²) in [7, 11) is 0. The van der Waals surface area contributed by atoms with E-state index in [0.717, 1.165) is 24.9 Å². The molecule has 0 spiro atoms. The molecule has 3 rings (SSSR count). The molecule has 5 heteroatoms. The lowest BCUT2D eigenvalue weighted by Gasteiger charge is -2.34. The van der Waals surface area contributed by atoms with E-state index in [2.05, 4.69) is 6.07 Å². The molecule has 2 aliphatic rings. The number of amides is 1. The first-order chi connectivity index (χ1) is 10.6. The summed E-state index contributed by atoms with van der Waals surface area (Å²) in [6, 6.07) is 7.58. The van der Waals surface area contributed by atoms with Crippen molar-refractivity contribution in [1.82, 2.24) is 4.90 Å². The smallest absolute Gasteiger partial charge is 0.320 e. The zero-order valence-electron chi connectivity index (χ0n) is 12.9. The molecule has 0 aromatic heterocycles. The molecule has 2 heterocycles. The molecule has 1 saturated heterocycles. The second kappa shape index (κ2) is 6.08. The number of carboxylic acid groups (broad SMARTS) is 1. The number of carbonyl (C=O) groups is 2. The molecule has 1 N–H and O–H groups in total. The Labute approximate surface area is 130 Å². The van der Waals surface area contributed by atoms with Gasteiger partial charge in [-0.3, -0.25) is 14.5 Å². The van der Waals surface area contributed by atoms with Gasteiger partial charge in [-0.25, -0.2) is 0 Å². The van der Waals surface area contributed by atoms with Crippen LogP contribution in [-0.2, 0) is 16.0 Å². The Hall–Kier alpha value is -1.88. The molecule has 5 nitrogen and oxygen atoms in total. The minimum Gasteiger partial charge on any atom is -0.480 e. The van der Waals surface area contributed by atoms with Crippen molar-refractivity contribution in [1.29, 1.82) is 0 Å². The maximum Gasteiger partial charge on any atom is 0.320 e. The number of fused-ring (bicyclic) bond motifs is 1. The number of anilines is 1. The van der Waals surface area contributed by atoms with Crippen LogP contribution in [0, 0.1) is 0 Å². The molecular weight excluding hydrogens is 280 g/mol. The van der Waals surface area contributed by atoms with Crippen molar-refractivity contribution in [2.24, 2.45) is 0 Å². The van der Waals surface area contributed by atoms with Gasteiger partial charge in [0.15, 0.2) is 0 Å². The molecule has 0 saturated carbocycles. The quantitative estimate of drug-likeness (QED) is 0.926. The van der Waals surface area contributed by atoms with Crippen LogP contribution >= 0.6 is 0 Å². The molecule has 0 radical (unpaired) electrons. The number of carboxylic acids is 1. The molecule has 2 unspecified atom stereocenters. The highest BCUT2D eigenvalue weighted by Crippen LogP contribution is 2.32. The molecule has 22 heavy (non-hydrogen) atoms. The minimum absolute atomic E-state index is 0.00519. The summed E-state index contributed by atoms with van der Waals surface area (Å²) >= 11 is 0. The number of nitrogens with zero attached hydrogens (tertiary/aromatic N) is 2. The standard InChI is InChI=1S/C17H22N2O3/c1-12-10-13-6-2-3-7-14(13)19(12)16(20)11-18-9-5-4-8-15(18)17(21)22/h2-3,6-7,12,15H,4-5,8-11H2,1H3,(H,21,22). The van der Waals surface area contributed by atoms with E-state index < -0.39 is 12.0 Å². The van der Waals surface area contributed by atoms with Gasteiger partial charge in [0.05, 0.1) is 6.54 Å². The first kappa shape index (κ1) is 15.0. The van der Waals surface area contributed by atoms with E-state index in [0.29, 0.717) is 13.0 Å². The first-order valence-corrected chi connectivity index (χ1v) is 7.94. The maximum atomic E-state index is 12.7. The predicted octanol–water partition coefficient (Wildman–Crippen LogP) is 1.90. The predicted molar refractivity (Wildman–Crippen MR) is 83.9 cm³/mol. The second-order valence-corrected chi connectivity index (χ2v) is 6.27. The lowest BCUT2D eigenvalue weighted by molar-refractivity contribution is -0.145. The lowest BCUT2D eigenvalue weighted by Crippen LogP contribution is -2.50. The fourth-order valence-corrected chi connectivity index (χ4v) is 3.66. The maximum absolute atomic E-state index is 12.7. The van der Waals surface area contributed by atoms with Gasteiger partial charge >= 0.3 is 5.97 Å². The summed E-state index contributed by atoms with van der Waals surface area (Å²) in [6.45, 7) is 2.92. The third-order valence-corrected chi connectivity index (χ3v) is 4.71. The number of hydrogen-bond donors (Lipinski definition) is 1.